The van der Waals surface area contributed by atoms with E-state index < -0.39 is 54.6 Å². The third kappa shape index (κ3) is 8.84. The summed E-state index contributed by atoms with van der Waals surface area (Å²) in [6, 6.07) is 21.0. The molecule has 15 heteroatoms. The molecule has 0 aromatic heterocycles. The predicted octanol–water partition coefficient (Wildman–Crippen LogP) is 9.87. The third-order valence-corrected chi connectivity index (χ3v) is 17.7. The highest BCUT2D eigenvalue weighted by atomic mass is 31.0. The van der Waals surface area contributed by atoms with Gasteiger partial charge in [0.25, 0.3) is 0 Å². The Morgan fingerprint density at radius 2 is 1.47 bits per heavy atom. The number of ether oxygens (including phenoxy) is 3. The molecule has 3 aliphatic rings. The van der Waals surface area contributed by atoms with E-state index in [2.05, 4.69) is 89.5 Å². The van der Waals surface area contributed by atoms with Crippen LogP contribution in [0.5, 0.6) is 17.2 Å². The third-order valence-electron chi connectivity index (χ3n) is 11.1. The smallest absolute Gasteiger partial charge is 0.343 e. The molecular formula is C43H60NO10PSi3. The van der Waals surface area contributed by atoms with Gasteiger partial charge in [0.1, 0.15) is 30.4 Å². The maximum Gasteiger partial charge on any atom is 0.343 e. The van der Waals surface area contributed by atoms with Crippen molar-refractivity contribution in [2.24, 2.45) is 5.92 Å². The highest BCUT2D eigenvalue weighted by Gasteiger charge is 2.68. The van der Waals surface area contributed by atoms with Gasteiger partial charge in [0.2, 0.25) is 26.8 Å². The maximum absolute atomic E-state index is 14.8. The average Bonchev–Trinajstić information content (AvgIpc) is 3.61. The molecule has 0 saturated carbocycles. The van der Waals surface area contributed by atoms with Crippen molar-refractivity contribution in [3.63, 3.8) is 0 Å². The van der Waals surface area contributed by atoms with Gasteiger partial charge < -0.3 is 32.0 Å². The molecule has 1 unspecified atom stereocenters. The monoisotopic (exact) mass is 865 g/mol. The Labute approximate surface area is 349 Å². The van der Waals surface area contributed by atoms with Gasteiger partial charge in [-0.3, -0.25) is 9.63 Å². The van der Waals surface area contributed by atoms with E-state index >= 15 is 0 Å². The number of amides is 1. The second-order valence-corrected chi connectivity index (χ2v) is 32.7. The molecular weight excluding hydrogens is 806 g/mol. The largest absolute Gasteiger partial charge is 0.546 e. The molecule has 6 rings (SSSR count). The number of β-lactam (4-membered cyclic amide) rings is 1. The first kappa shape index (κ1) is 44.1. The molecule has 0 radical (unpaired) electrons. The zero-order valence-electron chi connectivity index (χ0n) is 36.0. The van der Waals surface area contributed by atoms with Crippen molar-refractivity contribution in [1.82, 2.24) is 5.06 Å². The van der Waals surface area contributed by atoms with E-state index in [1.165, 1.54) is 5.06 Å². The summed E-state index contributed by atoms with van der Waals surface area (Å²) in [4.78, 5) is 35.8. The SMILES string of the molecule is C[C@H]1C(O[Si](C)(C)C(C)(C)C)=C(c2cc3c(c(OP)c2C(=O)OCc2ccccc2)OCO3)[C@]2(CC(=O)N2OCc2ccccc2)[C@H](O[Si](C)(C)C)[C@@H]1O[Si](C)(C)C. The molecule has 11 nitrogen and oxygen atoms in total. The molecule has 1 saturated heterocycles. The first-order valence-corrected chi connectivity index (χ1v) is 30.1. The van der Waals surface area contributed by atoms with Gasteiger partial charge in [0.15, 0.2) is 28.1 Å². The summed E-state index contributed by atoms with van der Waals surface area (Å²) in [7, 11) is -5.13. The number of hydroxylamine groups is 2. The Kier molecular flexibility index (Phi) is 12.5. The van der Waals surface area contributed by atoms with E-state index in [0.717, 1.165) is 11.1 Å². The molecule has 1 fully saturated rings. The summed E-state index contributed by atoms with van der Waals surface area (Å²) < 4.78 is 46.1. The highest BCUT2D eigenvalue weighted by Crippen LogP contribution is 2.60. The Hall–Kier alpha value is -3.50. The van der Waals surface area contributed by atoms with Crippen LogP contribution in [0.3, 0.4) is 0 Å². The summed E-state index contributed by atoms with van der Waals surface area (Å²) in [5.41, 5.74) is 1.46. The van der Waals surface area contributed by atoms with Gasteiger partial charge in [0.05, 0.1) is 27.8 Å². The zero-order valence-corrected chi connectivity index (χ0v) is 40.2. The fraction of sp³-hybridized carbons (Fsp3) is 0.488. The number of rotatable bonds is 14. The summed E-state index contributed by atoms with van der Waals surface area (Å²) in [6.45, 7) is 25.9. The normalized spacial score (nSPS) is 22.3. The minimum absolute atomic E-state index is 0.00107. The summed E-state index contributed by atoms with van der Waals surface area (Å²) in [5, 5.41) is 1.24. The minimum atomic E-state index is -2.66. The molecule has 5 atom stereocenters. The van der Waals surface area contributed by atoms with Gasteiger partial charge >= 0.3 is 5.97 Å². The molecule has 3 aromatic rings. The fourth-order valence-electron chi connectivity index (χ4n) is 7.45. The number of benzene rings is 3. The van der Waals surface area contributed by atoms with Crippen molar-refractivity contribution >= 4 is 51.9 Å². The lowest BCUT2D eigenvalue weighted by atomic mass is 9.63. The van der Waals surface area contributed by atoms with Crippen LogP contribution < -0.4 is 14.0 Å². The molecule has 2 aliphatic heterocycles. The number of hydrogen-bond donors (Lipinski definition) is 0. The van der Waals surface area contributed by atoms with E-state index in [4.69, 9.17) is 36.8 Å². The van der Waals surface area contributed by atoms with Gasteiger partial charge in [-0.2, -0.15) is 0 Å². The van der Waals surface area contributed by atoms with Gasteiger partial charge in [-0.05, 0) is 74.6 Å². The molecule has 0 bridgehead atoms. The van der Waals surface area contributed by atoms with Crippen LogP contribution in [-0.4, -0.2) is 66.4 Å². The van der Waals surface area contributed by atoms with Crippen molar-refractivity contribution in [1.29, 1.82) is 0 Å². The van der Waals surface area contributed by atoms with Gasteiger partial charge in [-0.15, -0.1) is 0 Å². The molecule has 1 aliphatic carbocycles. The van der Waals surface area contributed by atoms with Crippen LogP contribution in [0.15, 0.2) is 72.5 Å². The number of fused-ring (bicyclic) bond motifs is 1. The number of hydrogen-bond acceptors (Lipinski definition) is 10. The van der Waals surface area contributed by atoms with Crippen LogP contribution in [0.1, 0.15) is 61.2 Å². The van der Waals surface area contributed by atoms with Crippen LogP contribution >= 0.6 is 9.47 Å². The number of carbonyl (C=O) groups is 2. The molecule has 1 amide bonds. The van der Waals surface area contributed by atoms with Crippen molar-refractivity contribution in [3.8, 4) is 17.2 Å². The maximum atomic E-state index is 14.8. The lowest BCUT2D eigenvalue weighted by Crippen LogP contribution is -2.76. The van der Waals surface area contributed by atoms with Crippen molar-refractivity contribution in [2.75, 3.05) is 6.79 Å². The first-order valence-electron chi connectivity index (χ1n) is 19.9. The Morgan fingerprint density at radius 1 is 0.879 bits per heavy atom. The minimum Gasteiger partial charge on any atom is -0.546 e. The van der Waals surface area contributed by atoms with Crippen LogP contribution in [0, 0.1) is 5.92 Å². The summed E-state index contributed by atoms with van der Waals surface area (Å²) in [5.74, 6) is 0.0991. The van der Waals surface area contributed by atoms with Gasteiger partial charge in [-0.25, -0.2) is 9.86 Å². The number of carbonyl (C=O) groups excluding carboxylic acids is 2. The standard InChI is InChI=1S/C43H60NO10PSi3/c1-28-36(53-58(11,12)42(2,3)4)35(31-23-32-38(49-27-48-32)39(51-55)34(31)41(46)47-25-29-19-15-13-16-20-29)43(40(54-57(8,9)10)37(28)52-56(5,6)7)24-33(45)44(43)50-26-30-21-17-14-18-22-30/h13-23,28,37,40H,24-27,55H2,1-12H3/t28-,37+,40+,43+/m0/s1. The van der Waals surface area contributed by atoms with Crippen LogP contribution in [0.2, 0.25) is 57.4 Å². The lowest BCUT2D eigenvalue weighted by Gasteiger charge is -2.61. The van der Waals surface area contributed by atoms with Crippen LogP contribution in [-0.2, 0) is 40.9 Å². The van der Waals surface area contributed by atoms with E-state index in [-0.39, 0.29) is 54.4 Å². The highest BCUT2D eigenvalue weighted by molar-refractivity contribution is 7.10. The van der Waals surface area contributed by atoms with E-state index in [9.17, 15) is 9.59 Å². The number of esters is 1. The predicted molar refractivity (Wildman–Crippen MR) is 235 cm³/mol. The van der Waals surface area contributed by atoms with Gasteiger partial charge in [-0.1, -0.05) is 88.4 Å². The molecule has 3 aromatic carbocycles. The number of nitrogens with zero attached hydrogens (tertiary/aromatic N) is 1. The van der Waals surface area contributed by atoms with Crippen molar-refractivity contribution in [2.45, 2.75) is 122 Å². The Bertz CT molecular complexity index is 2030. The second kappa shape index (κ2) is 16.5. The van der Waals surface area contributed by atoms with Crippen molar-refractivity contribution in [3.05, 3.63) is 94.7 Å². The van der Waals surface area contributed by atoms with Crippen LogP contribution in [0.4, 0.5) is 0 Å². The molecule has 2 heterocycles. The Morgan fingerprint density at radius 3 is 2.00 bits per heavy atom. The quantitative estimate of drug-likeness (QED) is 0.0672. The van der Waals surface area contributed by atoms with Crippen LogP contribution in [0.25, 0.3) is 5.57 Å². The molecule has 58 heavy (non-hydrogen) atoms. The molecule has 314 valence electrons. The van der Waals surface area contributed by atoms with Gasteiger partial charge in [0, 0.05) is 17.1 Å². The fourth-order valence-corrected chi connectivity index (χ4v) is 11.1. The molecule has 0 N–H and O–H groups in total. The van der Waals surface area contributed by atoms with Crippen molar-refractivity contribution < 1.29 is 46.4 Å². The van der Waals surface area contributed by atoms with E-state index in [1.807, 2.05) is 60.7 Å². The van der Waals surface area contributed by atoms with E-state index in [0.29, 0.717) is 22.6 Å². The topological polar surface area (TPSA) is 111 Å². The molecule has 1 spiro atoms. The Balaban J connectivity index is 1.71. The second-order valence-electron chi connectivity index (χ2n) is 18.8. The zero-order chi connectivity index (χ0) is 42.4. The average molecular weight is 866 g/mol. The lowest BCUT2D eigenvalue weighted by molar-refractivity contribution is -0.273. The summed E-state index contributed by atoms with van der Waals surface area (Å²) in [6.07, 6.45) is -1.27. The first-order chi connectivity index (χ1) is 27.1. The van der Waals surface area contributed by atoms with E-state index in [1.54, 1.807) is 6.07 Å². The summed E-state index contributed by atoms with van der Waals surface area (Å²) >= 11 is 0.